The zero-order valence-electron chi connectivity index (χ0n) is 12.8. The van der Waals surface area contributed by atoms with Crippen molar-refractivity contribution in [3.05, 3.63) is 64.1 Å². The Morgan fingerprint density at radius 3 is 2.43 bits per heavy atom. The maximum Gasteiger partial charge on any atom is 0.136 e. The fourth-order valence-corrected chi connectivity index (χ4v) is 2.69. The average Bonchev–Trinajstić information content (AvgIpc) is 2.49. The van der Waals surface area contributed by atoms with E-state index in [-0.39, 0.29) is 6.10 Å². The van der Waals surface area contributed by atoms with E-state index in [1.807, 2.05) is 37.4 Å². The molecule has 0 saturated carbocycles. The zero-order valence-corrected chi connectivity index (χ0v) is 14.4. The van der Waals surface area contributed by atoms with Gasteiger partial charge in [-0.05, 0) is 42.3 Å². The molecule has 1 unspecified atom stereocenters. The molecule has 0 saturated heterocycles. The van der Waals surface area contributed by atoms with Crippen LogP contribution in [-0.2, 0) is 0 Å². The monoisotopic (exact) mass is 347 g/mol. The third-order valence-electron chi connectivity index (χ3n) is 3.42. The van der Waals surface area contributed by atoms with Crippen molar-refractivity contribution < 1.29 is 4.74 Å². The predicted octanol–water partition coefficient (Wildman–Crippen LogP) is 4.91. The molecule has 2 rings (SSSR count). The number of nitrogens with one attached hydrogen (secondary N) is 1. The first-order valence-corrected chi connectivity index (χ1v) is 8.06. The summed E-state index contributed by atoms with van der Waals surface area (Å²) in [4.78, 5) is 0. The summed E-state index contributed by atoms with van der Waals surface area (Å²) in [5, 5.41) is 3.21. The van der Waals surface area contributed by atoms with Crippen molar-refractivity contribution in [1.29, 1.82) is 0 Å². The van der Waals surface area contributed by atoms with Gasteiger partial charge in [-0.15, -0.1) is 0 Å². The van der Waals surface area contributed by atoms with Gasteiger partial charge in [0.1, 0.15) is 11.9 Å². The Bertz CT molecular complexity index is 569. The first-order chi connectivity index (χ1) is 10.1. The van der Waals surface area contributed by atoms with Gasteiger partial charge in [-0.25, -0.2) is 0 Å². The maximum atomic E-state index is 6.31. The van der Waals surface area contributed by atoms with Gasteiger partial charge in [-0.1, -0.05) is 60.1 Å². The van der Waals surface area contributed by atoms with Crippen LogP contribution in [0.3, 0.4) is 0 Å². The minimum absolute atomic E-state index is 0.00914. The number of benzene rings is 2. The van der Waals surface area contributed by atoms with Gasteiger partial charge in [0.2, 0.25) is 0 Å². The number of ether oxygens (including phenoxy) is 1. The molecule has 0 aliphatic heterocycles. The molecule has 2 nitrogen and oxygen atoms in total. The Hall–Kier alpha value is -1.32. The van der Waals surface area contributed by atoms with E-state index in [9.17, 15) is 0 Å². The highest BCUT2D eigenvalue weighted by molar-refractivity contribution is 9.10. The van der Waals surface area contributed by atoms with E-state index in [1.165, 1.54) is 11.1 Å². The summed E-state index contributed by atoms with van der Waals surface area (Å²) < 4.78 is 7.39. The first kappa shape index (κ1) is 16.1. The summed E-state index contributed by atoms with van der Waals surface area (Å²) in [6.45, 7) is 5.14. The lowest BCUT2D eigenvalue weighted by Gasteiger charge is -2.22. The number of hydrogen-bond donors (Lipinski definition) is 1. The van der Waals surface area contributed by atoms with Gasteiger partial charge in [0.05, 0.1) is 0 Å². The second kappa shape index (κ2) is 7.62. The molecule has 0 aliphatic rings. The van der Waals surface area contributed by atoms with Gasteiger partial charge >= 0.3 is 0 Å². The van der Waals surface area contributed by atoms with Gasteiger partial charge in [0.15, 0.2) is 0 Å². The summed E-state index contributed by atoms with van der Waals surface area (Å²) in [5.41, 5.74) is 2.41. The molecule has 1 N–H and O–H groups in total. The van der Waals surface area contributed by atoms with Crippen LogP contribution in [0.25, 0.3) is 0 Å². The quantitative estimate of drug-likeness (QED) is 0.801. The van der Waals surface area contributed by atoms with E-state index < -0.39 is 0 Å². The SMILES string of the molecule is CNCC(Oc1ccc(Br)cc1C(C)C)c1ccccc1. The molecule has 0 radical (unpaired) electrons. The van der Waals surface area contributed by atoms with Gasteiger partial charge < -0.3 is 10.1 Å². The molecular formula is C18H22BrNO. The Kier molecular flexibility index (Phi) is 5.83. The largest absolute Gasteiger partial charge is 0.484 e. The van der Waals surface area contributed by atoms with Crippen LogP contribution in [-0.4, -0.2) is 13.6 Å². The minimum atomic E-state index is 0.00914. The molecule has 2 aromatic rings. The lowest BCUT2D eigenvalue weighted by molar-refractivity contribution is 0.202. The van der Waals surface area contributed by atoms with Gasteiger partial charge in [-0.2, -0.15) is 0 Å². The zero-order chi connectivity index (χ0) is 15.2. The van der Waals surface area contributed by atoms with Crippen LogP contribution >= 0.6 is 15.9 Å². The van der Waals surface area contributed by atoms with Crippen molar-refractivity contribution in [2.45, 2.75) is 25.9 Å². The summed E-state index contributed by atoms with van der Waals surface area (Å²) in [6.07, 6.45) is 0.00914. The van der Waals surface area contributed by atoms with E-state index in [0.29, 0.717) is 5.92 Å². The van der Waals surface area contributed by atoms with Crippen molar-refractivity contribution in [3.8, 4) is 5.75 Å². The molecule has 0 amide bonds. The molecule has 0 spiro atoms. The van der Waals surface area contributed by atoms with Crippen LogP contribution in [0.5, 0.6) is 5.75 Å². The van der Waals surface area contributed by atoms with Crippen LogP contribution in [0.1, 0.15) is 37.0 Å². The van der Waals surface area contributed by atoms with Crippen molar-refractivity contribution in [1.82, 2.24) is 5.32 Å². The molecule has 0 aromatic heterocycles. The minimum Gasteiger partial charge on any atom is -0.484 e. The van der Waals surface area contributed by atoms with Crippen molar-refractivity contribution in [2.75, 3.05) is 13.6 Å². The molecule has 2 aromatic carbocycles. The third-order valence-corrected chi connectivity index (χ3v) is 3.92. The molecule has 0 aliphatic carbocycles. The fraction of sp³-hybridized carbons (Fsp3) is 0.333. The second-order valence-electron chi connectivity index (χ2n) is 5.41. The van der Waals surface area contributed by atoms with Crippen molar-refractivity contribution in [3.63, 3.8) is 0 Å². The van der Waals surface area contributed by atoms with Crippen LogP contribution < -0.4 is 10.1 Å². The fourth-order valence-electron chi connectivity index (χ4n) is 2.31. The molecule has 3 heteroatoms. The second-order valence-corrected chi connectivity index (χ2v) is 6.33. The molecule has 0 bridgehead atoms. The highest BCUT2D eigenvalue weighted by atomic mass is 79.9. The highest BCUT2D eigenvalue weighted by Gasteiger charge is 2.16. The number of hydrogen-bond acceptors (Lipinski definition) is 2. The topological polar surface area (TPSA) is 21.3 Å². The van der Waals surface area contributed by atoms with E-state index in [4.69, 9.17) is 4.74 Å². The molecule has 21 heavy (non-hydrogen) atoms. The summed E-state index contributed by atoms with van der Waals surface area (Å²) in [7, 11) is 1.95. The summed E-state index contributed by atoms with van der Waals surface area (Å²) in [5.74, 6) is 1.38. The van der Waals surface area contributed by atoms with E-state index in [2.05, 4.69) is 53.3 Å². The van der Waals surface area contributed by atoms with Crippen molar-refractivity contribution >= 4 is 15.9 Å². The predicted molar refractivity (Wildman–Crippen MR) is 92.0 cm³/mol. The lowest BCUT2D eigenvalue weighted by atomic mass is 10.0. The highest BCUT2D eigenvalue weighted by Crippen LogP contribution is 2.32. The third kappa shape index (κ3) is 4.32. The Morgan fingerprint density at radius 2 is 1.81 bits per heavy atom. The summed E-state index contributed by atoms with van der Waals surface area (Å²) >= 11 is 3.54. The van der Waals surface area contributed by atoms with Gasteiger partial charge in [0.25, 0.3) is 0 Å². The number of likely N-dealkylation sites (N-methyl/N-ethyl adjacent to an activating group) is 1. The van der Waals surface area contributed by atoms with Crippen LogP contribution in [0, 0.1) is 0 Å². The molecule has 0 fully saturated rings. The Morgan fingerprint density at radius 1 is 1.10 bits per heavy atom. The normalized spacial score (nSPS) is 12.4. The van der Waals surface area contributed by atoms with Gasteiger partial charge in [0, 0.05) is 11.0 Å². The first-order valence-electron chi connectivity index (χ1n) is 7.27. The molecule has 0 heterocycles. The molecule has 112 valence electrons. The number of rotatable bonds is 6. The number of halogens is 1. The Balaban J connectivity index is 2.29. The van der Waals surface area contributed by atoms with Crippen LogP contribution in [0.15, 0.2) is 53.0 Å². The Labute approximate surface area is 135 Å². The van der Waals surface area contributed by atoms with E-state index in [1.54, 1.807) is 0 Å². The maximum absolute atomic E-state index is 6.31. The van der Waals surface area contributed by atoms with Crippen LogP contribution in [0.2, 0.25) is 0 Å². The van der Waals surface area contributed by atoms with Gasteiger partial charge in [-0.3, -0.25) is 0 Å². The standard InChI is InChI=1S/C18H22BrNO/c1-13(2)16-11-15(19)9-10-17(16)21-18(12-20-3)14-7-5-4-6-8-14/h4-11,13,18,20H,12H2,1-3H3. The van der Waals surface area contributed by atoms with Crippen LogP contribution in [0.4, 0.5) is 0 Å². The van der Waals surface area contributed by atoms with Crippen molar-refractivity contribution in [2.24, 2.45) is 0 Å². The molecule has 1 atom stereocenters. The average molecular weight is 348 g/mol. The molecular weight excluding hydrogens is 326 g/mol. The lowest BCUT2D eigenvalue weighted by Crippen LogP contribution is -2.22. The van der Waals surface area contributed by atoms with E-state index >= 15 is 0 Å². The van der Waals surface area contributed by atoms with E-state index in [0.717, 1.165) is 16.8 Å². The smallest absolute Gasteiger partial charge is 0.136 e. The summed E-state index contributed by atoms with van der Waals surface area (Å²) in [6, 6.07) is 16.6.